The summed E-state index contributed by atoms with van der Waals surface area (Å²) in [4.78, 5) is 12.7. The van der Waals surface area contributed by atoms with Gasteiger partial charge in [-0.25, -0.2) is 0 Å². The third-order valence-electron chi connectivity index (χ3n) is 4.34. The van der Waals surface area contributed by atoms with Crippen molar-refractivity contribution in [2.24, 2.45) is 5.41 Å². The SMILES string of the molecule is CCCC1(C(=O)NC(C)c2ccc(C#N)cc2)CCNC1. The van der Waals surface area contributed by atoms with Gasteiger partial charge in [-0.1, -0.05) is 25.5 Å². The van der Waals surface area contributed by atoms with Crippen LogP contribution in [0, 0.1) is 16.7 Å². The molecular formula is C17H23N3O. The predicted molar refractivity (Wildman–Crippen MR) is 82.5 cm³/mol. The van der Waals surface area contributed by atoms with E-state index in [1.54, 1.807) is 12.1 Å². The molecule has 0 aliphatic carbocycles. The van der Waals surface area contributed by atoms with Crippen molar-refractivity contribution in [2.75, 3.05) is 13.1 Å². The van der Waals surface area contributed by atoms with Crippen LogP contribution in [0.4, 0.5) is 0 Å². The number of carbonyl (C=O) groups is 1. The van der Waals surface area contributed by atoms with Crippen LogP contribution >= 0.6 is 0 Å². The van der Waals surface area contributed by atoms with Crippen LogP contribution in [0.2, 0.25) is 0 Å². The van der Waals surface area contributed by atoms with Gasteiger partial charge in [-0.2, -0.15) is 5.26 Å². The fourth-order valence-electron chi connectivity index (χ4n) is 3.02. The molecule has 0 radical (unpaired) electrons. The monoisotopic (exact) mass is 285 g/mol. The molecule has 2 N–H and O–H groups in total. The largest absolute Gasteiger partial charge is 0.349 e. The van der Waals surface area contributed by atoms with E-state index in [9.17, 15) is 4.79 Å². The van der Waals surface area contributed by atoms with Crippen LogP contribution < -0.4 is 10.6 Å². The summed E-state index contributed by atoms with van der Waals surface area (Å²) >= 11 is 0. The summed E-state index contributed by atoms with van der Waals surface area (Å²) in [7, 11) is 0. The van der Waals surface area contributed by atoms with E-state index in [0.717, 1.165) is 37.9 Å². The zero-order chi connectivity index (χ0) is 15.3. The first kappa shape index (κ1) is 15.5. The van der Waals surface area contributed by atoms with Crippen molar-refractivity contribution < 1.29 is 4.79 Å². The zero-order valence-electron chi connectivity index (χ0n) is 12.8. The van der Waals surface area contributed by atoms with Gasteiger partial charge >= 0.3 is 0 Å². The van der Waals surface area contributed by atoms with E-state index in [0.29, 0.717) is 5.56 Å². The van der Waals surface area contributed by atoms with Crippen LogP contribution in [0.25, 0.3) is 0 Å². The summed E-state index contributed by atoms with van der Waals surface area (Å²) in [5.74, 6) is 0.145. The van der Waals surface area contributed by atoms with E-state index in [-0.39, 0.29) is 17.4 Å². The summed E-state index contributed by atoms with van der Waals surface area (Å²) in [5, 5.41) is 15.3. The molecule has 1 amide bonds. The van der Waals surface area contributed by atoms with Crippen LogP contribution in [0.5, 0.6) is 0 Å². The molecule has 1 aliphatic rings. The maximum absolute atomic E-state index is 12.7. The highest BCUT2D eigenvalue weighted by Crippen LogP contribution is 2.32. The lowest BCUT2D eigenvalue weighted by molar-refractivity contribution is -0.131. The quantitative estimate of drug-likeness (QED) is 0.873. The second kappa shape index (κ2) is 6.73. The van der Waals surface area contributed by atoms with Gasteiger partial charge < -0.3 is 10.6 Å². The third-order valence-corrected chi connectivity index (χ3v) is 4.34. The average molecular weight is 285 g/mol. The van der Waals surface area contributed by atoms with Crippen molar-refractivity contribution in [1.29, 1.82) is 5.26 Å². The fourth-order valence-corrected chi connectivity index (χ4v) is 3.02. The Morgan fingerprint density at radius 1 is 1.48 bits per heavy atom. The Hall–Kier alpha value is -1.86. The second-order valence-corrected chi connectivity index (χ2v) is 5.89. The number of carbonyl (C=O) groups excluding carboxylic acids is 1. The Labute approximate surface area is 126 Å². The molecule has 0 saturated carbocycles. The molecule has 1 fully saturated rings. The van der Waals surface area contributed by atoms with E-state index in [2.05, 4.69) is 23.6 Å². The normalized spacial score (nSPS) is 22.5. The van der Waals surface area contributed by atoms with E-state index < -0.39 is 0 Å². The molecule has 4 heteroatoms. The Morgan fingerprint density at radius 2 is 2.19 bits per heavy atom. The second-order valence-electron chi connectivity index (χ2n) is 5.89. The topological polar surface area (TPSA) is 64.9 Å². The molecule has 112 valence electrons. The average Bonchev–Trinajstić information content (AvgIpc) is 2.97. The van der Waals surface area contributed by atoms with Crippen molar-refractivity contribution >= 4 is 5.91 Å². The summed E-state index contributed by atoms with van der Waals surface area (Å²) in [6.45, 7) is 5.80. The maximum Gasteiger partial charge on any atom is 0.228 e. The summed E-state index contributed by atoms with van der Waals surface area (Å²) in [6.07, 6.45) is 2.85. The molecule has 0 spiro atoms. The molecule has 1 aromatic carbocycles. The third kappa shape index (κ3) is 3.43. The predicted octanol–water partition coefficient (Wildman–Crippen LogP) is 2.52. The number of hydrogen-bond acceptors (Lipinski definition) is 3. The summed E-state index contributed by atoms with van der Waals surface area (Å²) in [5.41, 5.74) is 1.41. The Balaban J connectivity index is 2.05. The van der Waals surface area contributed by atoms with Crippen LogP contribution in [-0.2, 0) is 4.79 Å². The minimum absolute atomic E-state index is 0.0421. The molecule has 1 saturated heterocycles. The standard InChI is InChI=1S/C17H23N3O/c1-3-8-17(9-10-19-12-17)16(21)20-13(2)15-6-4-14(11-18)5-7-15/h4-7,13,19H,3,8-10,12H2,1-2H3,(H,20,21). The van der Waals surface area contributed by atoms with Gasteiger partial charge in [0.05, 0.1) is 23.1 Å². The maximum atomic E-state index is 12.7. The van der Waals surface area contributed by atoms with Crippen molar-refractivity contribution in [3.05, 3.63) is 35.4 Å². The lowest BCUT2D eigenvalue weighted by Crippen LogP contribution is -2.43. The van der Waals surface area contributed by atoms with Gasteiger partial charge in [0.1, 0.15) is 0 Å². The van der Waals surface area contributed by atoms with Crippen molar-refractivity contribution in [2.45, 2.75) is 39.2 Å². The minimum Gasteiger partial charge on any atom is -0.349 e. The van der Waals surface area contributed by atoms with E-state index >= 15 is 0 Å². The fraction of sp³-hybridized carbons (Fsp3) is 0.529. The molecule has 1 heterocycles. The van der Waals surface area contributed by atoms with Gasteiger partial charge in [0.15, 0.2) is 0 Å². The van der Waals surface area contributed by atoms with Crippen molar-refractivity contribution in [3.8, 4) is 6.07 Å². The van der Waals surface area contributed by atoms with Crippen LogP contribution in [0.15, 0.2) is 24.3 Å². The molecule has 2 unspecified atom stereocenters. The molecule has 1 aromatic rings. The molecule has 2 rings (SSSR count). The molecular weight excluding hydrogens is 262 g/mol. The van der Waals surface area contributed by atoms with Gasteiger partial charge in [-0.15, -0.1) is 0 Å². The zero-order valence-corrected chi connectivity index (χ0v) is 12.8. The first-order chi connectivity index (χ1) is 10.1. The molecule has 21 heavy (non-hydrogen) atoms. The van der Waals surface area contributed by atoms with E-state index in [4.69, 9.17) is 5.26 Å². The van der Waals surface area contributed by atoms with Gasteiger partial charge in [0, 0.05) is 6.54 Å². The van der Waals surface area contributed by atoms with E-state index in [1.165, 1.54) is 0 Å². The lowest BCUT2D eigenvalue weighted by atomic mass is 9.81. The van der Waals surface area contributed by atoms with Crippen molar-refractivity contribution in [1.82, 2.24) is 10.6 Å². The molecule has 0 bridgehead atoms. The Bertz CT molecular complexity index is 524. The smallest absolute Gasteiger partial charge is 0.228 e. The molecule has 4 nitrogen and oxygen atoms in total. The Kier molecular flexibility index (Phi) is 4.98. The number of nitrogens with one attached hydrogen (secondary N) is 2. The highest BCUT2D eigenvalue weighted by atomic mass is 16.2. The van der Waals surface area contributed by atoms with Gasteiger partial charge in [0.2, 0.25) is 5.91 Å². The van der Waals surface area contributed by atoms with Crippen LogP contribution in [-0.4, -0.2) is 19.0 Å². The van der Waals surface area contributed by atoms with E-state index in [1.807, 2.05) is 19.1 Å². The number of rotatable bonds is 5. The van der Waals surface area contributed by atoms with Crippen LogP contribution in [0.1, 0.15) is 50.3 Å². The first-order valence-corrected chi connectivity index (χ1v) is 7.63. The first-order valence-electron chi connectivity index (χ1n) is 7.63. The highest BCUT2D eigenvalue weighted by Gasteiger charge is 2.40. The van der Waals surface area contributed by atoms with Crippen molar-refractivity contribution in [3.63, 3.8) is 0 Å². The molecule has 1 aliphatic heterocycles. The number of hydrogen-bond donors (Lipinski definition) is 2. The number of benzene rings is 1. The minimum atomic E-state index is -0.254. The molecule has 0 aromatic heterocycles. The lowest BCUT2D eigenvalue weighted by Gasteiger charge is -2.28. The number of amides is 1. The van der Waals surface area contributed by atoms with Gasteiger partial charge in [-0.05, 0) is 44.0 Å². The summed E-state index contributed by atoms with van der Waals surface area (Å²) in [6, 6.07) is 9.45. The van der Waals surface area contributed by atoms with Gasteiger partial charge in [0.25, 0.3) is 0 Å². The highest BCUT2D eigenvalue weighted by molar-refractivity contribution is 5.83. The van der Waals surface area contributed by atoms with Crippen LogP contribution in [0.3, 0.4) is 0 Å². The number of nitriles is 1. The number of nitrogens with zero attached hydrogens (tertiary/aromatic N) is 1. The molecule has 2 atom stereocenters. The summed E-state index contributed by atoms with van der Waals surface area (Å²) < 4.78 is 0. The Morgan fingerprint density at radius 3 is 2.71 bits per heavy atom. The van der Waals surface area contributed by atoms with Gasteiger partial charge in [-0.3, -0.25) is 4.79 Å².